The van der Waals surface area contributed by atoms with Crippen molar-refractivity contribution in [1.29, 1.82) is 0 Å². The van der Waals surface area contributed by atoms with E-state index < -0.39 is 6.03 Å². The molecule has 2 atom stereocenters. The van der Waals surface area contributed by atoms with Crippen LogP contribution in [0.4, 0.5) is 4.79 Å². The van der Waals surface area contributed by atoms with Crippen molar-refractivity contribution in [1.82, 2.24) is 10.2 Å². The minimum atomic E-state index is -0.429. The number of carbonyl (C=O) groups is 2. The van der Waals surface area contributed by atoms with Gasteiger partial charge in [0.05, 0.1) is 13.5 Å². The van der Waals surface area contributed by atoms with Crippen molar-refractivity contribution >= 4 is 12.0 Å². The Morgan fingerprint density at radius 1 is 1.35 bits per heavy atom. The smallest absolute Gasteiger partial charge is 0.314 e. The Labute approximate surface area is 121 Å². The Balaban J connectivity index is 2.60. The summed E-state index contributed by atoms with van der Waals surface area (Å²) in [5, 5.41) is 3.47. The van der Waals surface area contributed by atoms with Crippen molar-refractivity contribution in [2.75, 3.05) is 26.7 Å². The molecule has 116 valence electrons. The summed E-state index contributed by atoms with van der Waals surface area (Å²) < 4.78 is 4.70. The van der Waals surface area contributed by atoms with Crippen molar-refractivity contribution in [2.45, 2.75) is 39.7 Å². The zero-order valence-electron chi connectivity index (χ0n) is 12.9. The highest BCUT2D eigenvalue weighted by molar-refractivity contribution is 5.73. The topological polar surface area (TPSA) is 84.7 Å². The summed E-state index contributed by atoms with van der Waals surface area (Å²) in [5.74, 6) is -0.142. The van der Waals surface area contributed by atoms with Crippen LogP contribution < -0.4 is 11.1 Å². The molecule has 1 fully saturated rings. The molecule has 0 spiro atoms. The number of piperidine rings is 1. The van der Waals surface area contributed by atoms with E-state index in [9.17, 15) is 9.59 Å². The number of primary amides is 1. The highest BCUT2D eigenvalue weighted by Crippen LogP contribution is 2.21. The molecule has 0 aromatic rings. The van der Waals surface area contributed by atoms with E-state index in [-0.39, 0.29) is 23.3 Å². The van der Waals surface area contributed by atoms with Crippen LogP contribution in [0.15, 0.2) is 0 Å². The third-order valence-electron chi connectivity index (χ3n) is 3.45. The number of nitrogens with two attached hydrogens (primary N) is 1. The molecule has 2 amide bonds. The molecule has 0 radical (unpaired) electrons. The monoisotopic (exact) mass is 285 g/mol. The predicted octanol–water partition coefficient (Wildman–Crippen LogP) is 0.954. The van der Waals surface area contributed by atoms with Gasteiger partial charge >= 0.3 is 12.0 Å². The van der Waals surface area contributed by atoms with Gasteiger partial charge in [0.1, 0.15) is 0 Å². The molecule has 0 aromatic carbocycles. The molecule has 1 rings (SSSR count). The lowest BCUT2D eigenvalue weighted by Gasteiger charge is -2.38. The number of rotatable bonds is 4. The number of esters is 1. The van der Waals surface area contributed by atoms with Crippen molar-refractivity contribution in [3.63, 3.8) is 0 Å². The maximum atomic E-state index is 11.4. The van der Waals surface area contributed by atoms with Crippen LogP contribution in [-0.4, -0.2) is 49.7 Å². The van der Waals surface area contributed by atoms with Crippen LogP contribution in [0.5, 0.6) is 0 Å². The molecule has 0 bridgehead atoms. The first-order valence-electron chi connectivity index (χ1n) is 7.06. The Bertz CT molecular complexity index is 352. The van der Waals surface area contributed by atoms with E-state index in [0.29, 0.717) is 19.5 Å². The summed E-state index contributed by atoms with van der Waals surface area (Å²) in [7, 11) is 1.38. The third kappa shape index (κ3) is 5.77. The number of nitrogens with zero attached hydrogens (tertiary/aromatic N) is 1. The number of likely N-dealkylation sites (tertiary alicyclic amines) is 1. The largest absolute Gasteiger partial charge is 0.469 e. The van der Waals surface area contributed by atoms with Crippen LogP contribution in [0, 0.1) is 11.3 Å². The maximum absolute atomic E-state index is 11.4. The Morgan fingerprint density at radius 3 is 2.50 bits per heavy atom. The lowest BCUT2D eigenvalue weighted by molar-refractivity contribution is -0.142. The van der Waals surface area contributed by atoms with Crippen LogP contribution in [0.3, 0.4) is 0 Å². The minimum absolute atomic E-state index is 0.0983. The predicted molar refractivity (Wildman–Crippen MR) is 77.1 cm³/mol. The Hall–Kier alpha value is -1.30. The first-order chi connectivity index (χ1) is 9.21. The Morgan fingerprint density at radius 2 is 2.00 bits per heavy atom. The average Bonchev–Trinajstić information content (AvgIpc) is 2.35. The molecule has 1 aliphatic rings. The first kappa shape index (κ1) is 16.8. The summed E-state index contributed by atoms with van der Waals surface area (Å²) in [6.45, 7) is 8.44. The normalized spacial score (nSPS) is 23.5. The molecule has 6 heteroatoms. The molecule has 20 heavy (non-hydrogen) atoms. The highest BCUT2D eigenvalue weighted by Gasteiger charge is 2.30. The van der Waals surface area contributed by atoms with Crippen molar-refractivity contribution < 1.29 is 14.3 Å². The molecule has 0 aromatic heterocycles. The van der Waals surface area contributed by atoms with Gasteiger partial charge in [0.2, 0.25) is 0 Å². The second kappa shape index (κ2) is 6.92. The van der Waals surface area contributed by atoms with Gasteiger partial charge in [-0.15, -0.1) is 0 Å². The van der Waals surface area contributed by atoms with E-state index in [1.54, 1.807) is 4.90 Å². The number of nitrogens with one attached hydrogen (secondary N) is 1. The molecule has 1 heterocycles. The van der Waals surface area contributed by atoms with Gasteiger partial charge in [-0.3, -0.25) is 4.79 Å². The van der Waals surface area contributed by atoms with Gasteiger partial charge < -0.3 is 20.7 Å². The van der Waals surface area contributed by atoms with E-state index >= 15 is 0 Å². The second-order valence-electron chi connectivity index (χ2n) is 6.76. The fraction of sp³-hybridized carbons (Fsp3) is 0.857. The molecular formula is C14H27N3O3. The highest BCUT2D eigenvalue weighted by atomic mass is 16.5. The molecule has 0 saturated carbocycles. The van der Waals surface area contributed by atoms with Crippen molar-refractivity contribution in [2.24, 2.45) is 17.1 Å². The van der Waals surface area contributed by atoms with Gasteiger partial charge in [0.15, 0.2) is 0 Å². The zero-order chi connectivity index (χ0) is 15.3. The number of urea groups is 1. The van der Waals surface area contributed by atoms with E-state index in [2.05, 4.69) is 26.1 Å². The van der Waals surface area contributed by atoms with Gasteiger partial charge in [-0.1, -0.05) is 20.8 Å². The van der Waals surface area contributed by atoms with Crippen LogP contribution in [0.1, 0.15) is 33.6 Å². The number of amides is 2. The third-order valence-corrected chi connectivity index (χ3v) is 3.45. The summed E-state index contributed by atoms with van der Waals surface area (Å²) in [6.07, 6.45) is 1.18. The Kier molecular flexibility index (Phi) is 5.80. The van der Waals surface area contributed by atoms with E-state index in [0.717, 1.165) is 13.0 Å². The van der Waals surface area contributed by atoms with Gasteiger partial charge in [0, 0.05) is 25.7 Å². The molecule has 3 N–H and O–H groups in total. The fourth-order valence-corrected chi connectivity index (χ4v) is 2.45. The maximum Gasteiger partial charge on any atom is 0.314 e. The van der Waals surface area contributed by atoms with Gasteiger partial charge in [0.25, 0.3) is 0 Å². The summed E-state index contributed by atoms with van der Waals surface area (Å²) in [5.41, 5.74) is 5.55. The number of carbonyl (C=O) groups excluding carboxylic acids is 2. The SMILES string of the molecule is COC(=O)CC1CC(NCC(C)(C)C)CN(C(N)=O)C1. The van der Waals surface area contributed by atoms with Crippen LogP contribution in [-0.2, 0) is 9.53 Å². The summed E-state index contributed by atoms with van der Waals surface area (Å²) >= 11 is 0. The summed E-state index contributed by atoms with van der Waals surface area (Å²) in [4.78, 5) is 24.4. The number of methoxy groups -OCH3 is 1. The zero-order valence-corrected chi connectivity index (χ0v) is 12.9. The second-order valence-corrected chi connectivity index (χ2v) is 6.76. The molecule has 6 nitrogen and oxygen atoms in total. The quantitative estimate of drug-likeness (QED) is 0.753. The summed E-state index contributed by atoms with van der Waals surface area (Å²) in [6, 6.07) is -0.257. The number of ether oxygens (including phenoxy) is 1. The lowest BCUT2D eigenvalue weighted by atomic mass is 9.90. The van der Waals surface area contributed by atoms with E-state index in [1.165, 1.54) is 7.11 Å². The van der Waals surface area contributed by atoms with Crippen molar-refractivity contribution in [3.05, 3.63) is 0 Å². The van der Waals surface area contributed by atoms with Crippen LogP contribution in [0.2, 0.25) is 0 Å². The van der Waals surface area contributed by atoms with Crippen LogP contribution in [0.25, 0.3) is 0 Å². The molecule has 0 aliphatic carbocycles. The van der Waals surface area contributed by atoms with Gasteiger partial charge in [-0.05, 0) is 17.8 Å². The van der Waals surface area contributed by atoms with E-state index in [1.807, 2.05) is 0 Å². The average molecular weight is 285 g/mol. The van der Waals surface area contributed by atoms with Gasteiger partial charge in [-0.2, -0.15) is 0 Å². The molecule has 2 unspecified atom stereocenters. The molecule has 1 saturated heterocycles. The lowest BCUT2D eigenvalue weighted by Crippen LogP contribution is -2.54. The standard InChI is InChI=1S/C14H27N3O3/c1-14(2,3)9-16-11-5-10(6-12(18)20-4)7-17(8-11)13(15)19/h10-11,16H,5-9H2,1-4H3,(H2,15,19). The number of hydrogen-bond acceptors (Lipinski definition) is 4. The minimum Gasteiger partial charge on any atom is -0.469 e. The van der Waals surface area contributed by atoms with Gasteiger partial charge in [-0.25, -0.2) is 4.79 Å². The first-order valence-corrected chi connectivity index (χ1v) is 7.06. The number of hydrogen-bond donors (Lipinski definition) is 2. The fourth-order valence-electron chi connectivity index (χ4n) is 2.45. The van der Waals surface area contributed by atoms with Crippen molar-refractivity contribution in [3.8, 4) is 0 Å². The molecular weight excluding hydrogens is 258 g/mol. The molecule has 1 aliphatic heterocycles. The van der Waals surface area contributed by atoms with E-state index in [4.69, 9.17) is 10.5 Å². The van der Waals surface area contributed by atoms with Crippen LogP contribution >= 0.6 is 0 Å².